The summed E-state index contributed by atoms with van der Waals surface area (Å²) in [5.41, 5.74) is 0.834. The average molecular weight is 202 g/mol. The fourth-order valence-corrected chi connectivity index (χ4v) is 1.31. The number of furan rings is 1. The molecule has 2 rings (SSSR count). The zero-order valence-electron chi connectivity index (χ0n) is 8.23. The number of carbonyl (C=O) groups excluding carboxylic acids is 1. The van der Waals surface area contributed by atoms with Gasteiger partial charge in [0.2, 0.25) is 0 Å². The summed E-state index contributed by atoms with van der Waals surface area (Å²) in [6, 6.07) is 10.0. The molecule has 0 saturated carbocycles. The Labute approximate surface area is 87.0 Å². The number of hydrogen-bond donors (Lipinski definition) is 1. The van der Waals surface area contributed by atoms with E-state index in [0.717, 1.165) is 5.56 Å². The van der Waals surface area contributed by atoms with Crippen molar-refractivity contribution in [1.29, 1.82) is 0 Å². The molecule has 1 aromatic carbocycles. The van der Waals surface area contributed by atoms with Crippen molar-refractivity contribution in [3.05, 3.63) is 42.2 Å². The van der Waals surface area contributed by atoms with Crippen LogP contribution in [0, 0.1) is 0 Å². The molecule has 3 nitrogen and oxygen atoms in total. The van der Waals surface area contributed by atoms with Gasteiger partial charge < -0.3 is 9.52 Å². The summed E-state index contributed by atoms with van der Waals surface area (Å²) in [6.45, 7) is 1.46. The number of aromatic hydroxyl groups is 1. The quantitative estimate of drug-likeness (QED) is 0.762. The van der Waals surface area contributed by atoms with Gasteiger partial charge >= 0.3 is 0 Å². The van der Waals surface area contributed by atoms with Crippen LogP contribution in [0.25, 0.3) is 11.3 Å². The van der Waals surface area contributed by atoms with Gasteiger partial charge in [0.25, 0.3) is 0 Å². The van der Waals surface area contributed by atoms with Gasteiger partial charge in [0.1, 0.15) is 11.5 Å². The highest BCUT2D eigenvalue weighted by Gasteiger charge is 2.07. The van der Waals surface area contributed by atoms with Crippen LogP contribution in [0.15, 0.2) is 40.8 Å². The SMILES string of the molecule is CC(=O)c1ccc(-c2ccc(O)cc2)o1. The van der Waals surface area contributed by atoms with Crippen LogP contribution in [0.4, 0.5) is 0 Å². The lowest BCUT2D eigenvalue weighted by Crippen LogP contribution is -1.85. The van der Waals surface area contributed by atoms with E-state index < -0.39 is 0 Å². The number of phenols is 1. The van der Waals surface area contributed by atoms with E-state index in [1.165, 1.54) is 6.92 Å². The summed E-state index contributed by atoms with van der Waals surface area (Å²) in [6.07, 6.45) is 0. The van der Waals surface area contributed by atoms with Crippen LogP contribution in [0.2, 0.25) is 0 Å². The fraction of sp³-hybridized carbons (Fsp3) is 0.0833. The third kappa shape index (κ3) is 1.91. The molecule has 0 atom stereocenters. The number of rotatable bonds is 2. The largest absolute Gasteiger partial charge is 0.508 e. The predicted molar refractivity (Wildman–Crippen MR) is 55.8 cm³/mol. The minimum atomic E-state index is -0.0972. The van der Waals surface area contributed by atoms with Gasteiger partial charge in [-0.2, -0.15) is 0 Å². The molecule has 0 fully saturated rings. The van der Waals surface area contributed by atoms with E-state index in [0.29, 0.717) is 11.5 Å². The Morgan fingerprint density at radius 3 is 2.33 bits per heavy atom. The zero-order chi connectivity index (χ0) is 10.8. The molecule has 1 heterocycles. The first-order valence-electron chi connectivity index (χ1n) is 4.57. The molecule has 76 valence electrons. The maximum atomic E-state index is 11.0. The molecule has 0 bridgehead atoms. The predicted octanol–water partition coefficient (Wildman–Crippen LogP) is 2.85. The Balaban J connectivity index is 2.37. The standard InChI is InChI=1S/C12H10O3/c1-8(13)11-6-7-12(15-11)9-2-4-10(14)5-3-9/h2-7,14H,1H3. The molecule has 0 saturated heterocycles. The first kappa shape index (κ1) is 9.52. The summed E-state index contributed by atoms with van der Waals surface area (Å²) in [5.74, 6) is 1.08. The van der Waals surface area contributed by atoms with Crippen molar-refractivity contribution >= 4 is 5.78 Å². The van der Waals surface area contributed by atoms with Crippen molar-refractivity contribution < 1.29 is 14.3 Å². The van der Waals surface area contributed by atoms with Crippen LogP contribution in [-0.4, -0.2) is 10.9 Å². The second-order valence-corrected chi connectivity index (χ2v) is 3.27. The maximum Gasteiger partial charge on any atom is 0.194 e. The number of benzene rings is 1. The van der Waals surface area contributed by atoms with Gasteiger partial charge in [-0.3, -0.25) is 4.79 Å². The number of carbonyl (C=O) groups is 1. The van der Waals surface area contributed by atoms with E-state index in [1.807, 2.05) is 0 Å². The van der Waals surface area contributed by atoms with E-state index in [1.54, 1.807) is 36.4 Å². The van der Waals surface area contributed by atoms with E-state index >= 15 is 0 Å². The second kappa shape index (κ2) is 3.61. The van der Waals surface area contributed by atoms with Gasteiger partial charge in [0, 0.05) is 12.5 Å². The molecule has 3 heteroatoms. The highest BCUT2D eigenvalue weighted by molar-refractivity contribution is 5.91. The van der Waals surface area contributed by atoms with Gasteiger partial charge in [-0.15, -0.1) is 0 Å². The second-order valence-electron chi connectivity index (χ2n) is 3.27. The van der Waals surface area contributed by atoms with Crippen molar-refractivity contribution in [2.24, 2.45) is 0 Å². The van der Waals surface area contributed by atoms with Crippen LogP contribution >= 0.6 is 0 Å². The molecule has 0 aliphatic rings. The molecule has 1 N–H and O–H groups in total. The Hall–Kier alpha value is -2.03. The lowest BCUT2D eigenvalue weighted by molar-refractivity contribution is 0.0988. The molecular weight excluding hydrogens is 192 g/mol. The van der Waals surface area contributed by atoms with Crippen LogP contribution in [0.3, 0.4) is 0 Å². The maximum absolute atomic E-state index is 11.0. The Kier molecular flexibility index (Phi) is 2.29. The zero-order valence-corrected chi connectivity index (χ0v) is 8.23. The van der Waals surface area contributed by atoms with E-state index in [2.05, 4.69) is 0 Å². The molecule has 2 aromatic rings. The monoisotopic (exact) mass is 202 g/mol. The van der Waals surface area contributed by atoms with Gasteiger partial charge in [-0.1, -0.05) is 0 Å². The summed E-state index contributed by atoms with van der Waals surface area (Å²) in [5, 5.41) is 9.11. The third-order valence-electron chi connectivity index (χ3n) is 2.10. The number of hydrogen-bond acceptors (Lipinski definition) is 3. The molecule has 0 aliphatic heterocycles. The smallest absolute Gasteiger partial charge is 0.194 e. The van der Waals surface area contributed by atoms with Gasteiger partial charge in [0.05, 0.1) is 0 Å². The van der Waals surface area contributed by atoms with E-state index in [4.69, 9.17) is 9.52 Å². The van der Waals surface area contributed by atoms with Crippen molar-refractivity contribution in [2.45, 2.75) is 6.92 Å². The molecule has 15 heavy (non-hydrogen) atoms. The third-order valence-corrected chi connectivity index (χ3v) is 2.10. The Morgan fingerprint density at radius 1 is 1.13 bits per heavy atom. The Morgan fingerprint density at radius 2 is 1.80 bits per heavy atom. The van der Waals surface area contributed by atoms with Crippen molar-refractivity contribution in [3.63, 3.8) is 0 Å². The molecular formula is C12H10O3. The van der Waals surface area contributed by atoms with Crippen molar-refractivity contribution in [2.75, 3.05) is 0 Å². The first-order chi connectivity index (χ1) is 7.16. The van der Waals surface area contributed by atoms with Crippen LogP contribution in [0.5, 0.6) is 5.75 Å². The topological polar surface area (TPSA) is 50.4 Å². The lowest BCUT2D eigenvalue weighted by Gasteiger charge is -1.96. The Bertz CT molecular complexity index is 480. The highest BCUT2D eigenvalue weighted by atomic mass is 16.3. The summed E-state index contributed by atoms with van der Waals surface area (Å²) >= 11 is 0. The summed E-state index contributed by atoms with van der Waals surface area (Å²) in [7, 11) is 0. The van der Waals surface area contributed by atoms with Gasteiger partial charge in [0.15, 0.2) is 11.5 Å². The van der Waals surface area contributed by atoms with E-state index in [-0.39, 0.29) is 11.5 Å². The summed E-state index contributed by atoms with van der Waals surface area (Å²) < 4.78 is 5.34. The van der Waals surface area contributed by atoms with Gasteiger partial charge in [-0.25, -0.2) is 0 Å². The number of phenolic OH excluding ortho intramolecular Hbond substituents is 1. The first-order valence-corrected chi connectivity index (χ1v) is 4.57. The molecule has 1 aromatic heterocycles. The average Bonchev–Trinajstić information content (AvgIpc) is 2.68. The lowest BCUT2D eigenvalue weighted by atomic mass is 10.2. The molecule has 0 radical (unpaired) electrons. The van der Waals surface area contributed by atoms with Crippen LogP contribution in [-0.2, 0) is 0 Å². The minimum absolute atomic E-state index is 0.0972. The fourth-order valence-electron chi connectivity index (χ4n) is 1.31. The molecule has 0 unspecified atom stereocenters. The molecule has 0 spiro atoms. The van der Waals surface area contributed by atoms with Crippen LogP contribution < -0.4 is 0 Å². The normalized spacial score (nSPS) is 10.2. The molecule has 0 aliphatic carbocycles. The minimum Gasteiger partial charge on any atom is -0.508 e. The van der Waals surface area contributed by atoms with E-state index in [9.17, 15) is 4.79 Å². The van der Waals surface area contributed by atoms with Crippen molar-refractivity contribution in [1.82, 2.24) is 0 Å². The van der Waals surface area contributed by atoms with Gasteiger partial charge in [-0.05, 0) is 36.4 Å². The highest BCUT2D eigenvalue weighted by Crippen LogP contribution is 2.24. The number of Topliss-reactive ketones (excluding diaryl/α,β-unsaturated/α-hetero) is 1. The van der Waals surface area contributed by atoms with Crippen LogP contribution in [0.1, 0.15) is 17.5 Å². The molecule has 0 amide bonds. The van der Waals surface area contributed by atoms with Crippen molar-refractivity contribution in [3.8, 4) is 17.1 Å². The summed E-state index contributed by atoms with van der Waals surface area (Å²) in [4.78, 5) is 11.0. The number of ketones is 1.